The summed E-state index contributed by atoms with van der Waals surface area (Å²) in [4.78, 5) is 12.2. The summed E-state index contributed by atoms with van der Waals surface area (Å²) in [6.45, 7) is 0.272. The van der Waals surface area contributed by atoms with Gasteiger partial charge in [0.25, 0.3) is 0 Å². The molecular formula is C15H19N3O3S2. The molecule has 0 aromatic heterocycles. The third-order valence-corrected chi connectivity index (χ3v) is 5.48. The van der Waals surface area contributed by atoms with E-state index in [1.807, 2.05) is 43.3 Å². The zero-order chi connectivity index (χ0) is 16.9. The molecule has 0 fully saturated rings. The SMILES string of the molecule is CN(C)c1cccc2c(S(=O)(=O)NCCCSN=O)cccc12. The van der Waals surface area contributed by atoms with Crippen LogP contribution in [0.1, 0.15) is 6.42 Å². The van der Waals surface area contributed by atoms with Crippen LogP contribution < -0.4 is 9.62 Å². The van der Waals surface area contributed by atoms with Gasteiger partial charge in [-0.05, 0) is 18.6 Å². The number of benzene rings is 2. The molecule has 1 N–H and O–H groups in total. The minimum atomic E-state index is -3.60. The Kier molecular flexibility index (Phi) is 5.97. The van der Waals surface area contributed by atoms with Gasteiger partial charge in [-0.15, -0.1) is 4.91 Å². The van der Waals surface area contributed by atoms with Crippen molar-refractivity contribution in [2.75, 3.05) is 31.3 Å². The van der Waals surface area contributed by atoms with E-state index in [0.29, 0.717) is 17.6 Å². The fourth-order valence-corrected chi connectivity index (χ4v) is 3.99. The third kappa shape index (κ3) is 4.21. The molecule has 0 atom stereocenters. The molecule has 8 heteroatoms. The van der Waals surface area contributed by atoms with E-state index in [9.17, 15) is 13.3 Å². The molecule has 0 aliphatic rings. The van der Waals surface area contributed by atoms with Crippen molar-refractivity contribution in [1.82, 2.24) is 4.72 Å². The lowest BCUT2D eigenvalue weighted by atomic mass is 10.1. The molecule has 2 aromatic carbocycles. The van der Waals surface area contributed by atoms with Gasteiger partial charge in [0.2, 0.25) is 10.0 Å². The molecule has 2 rings (SSSR count). The Hall–Kier alpha value is -1.64. The van der Waals surface area contributed by atoms with Crippen molar-refractivity contribution in [3.63, 3.8) is 0 Å². The van der Waals surface area contributed by atoms with Crippen molar-refractivity contribution in [3.05, 3.63) is 41.3 Å². The van der Waals surface area contributed by atoms with Crippen LogP contribution in [0, 0.1) is 4.91 Å². The maximum absolute atomic E-state index is 12.5. The van der Waals surface area contributed by atoms with Crippen molar-refractivity contribution in [2.45, 2.75) is 11.3 Å². The second-order valence-corrected chi connectivity index (χ2v) is 7.73. The molecule has 0 radical (unpaired) electrons. The van der Waals surface area contributed by atoms with E-state index in [1.54, 1.807) is 12.1 Å². The largest absolute Gasteiger partial charge is 0.377 e. The third-order valence-electron chi connectivity index (χ3n) is 3.39. The maximum atomic E-state index is 12.5. The van der Waals surface area contributed by atoms with Crippen molar-refractivity contribution in [1.29, 1.82) is 0 Å². The van der Waals surface area contributed by atoms with E-state index in [2.05, 4.69) is 9.30 Å². The molecule has 0 bridgehead atoms. The van der Waals surface area contributed by atoms with Gasteiger partial charge in [-0.3, -0.25) is 0 Å². The molecule has 0 amide bonds. The molecule has 0 aliphatic carbocycles. The van der Waals surface area contributed by atoms with Gasteiger partial charge < -0.3 is 4.90 Å². The summed E-state index contributed by atoms with van der Waals surface area (Å²) in [5, 5.41) is 1.58. The lowest BCUT2D eigenvalue weighted by Crippen LogP contribution is -2.25. The molecule has 6 nitrogen and oxygen atoms in total. The topological polar surface area (TPSA) is 78.8 Å². The van der Waals surface area contributed by atoms with E-state index in [0.717, 1.165) is 23.0 Å². The summed E-state index contributed by atoms with van der Waals surface area (Å²) in [5.41, 5.74) is 0.966. The van der Waals surface area contributed by atoms with Crippen LogP contribution in [0.5, 0.6) is 0 Å². The summed E-state index contributed by atoms with van der Waals surface area (Å²) < 4.78 is 30.3. The smallest absolute Gasteiger partial charge is 0.241 e. The number of hydrogen-bond acceptors (Lipinski definition) is 6. The molecule has 124 valence electrons. The summed E-state index contributed by atoms with van der Waals surface area (Å²) in [6, 6.07) is 10.9. The summed E-state index contributed by atoms with van der Waals surface area (Å²) in [7, 11) is 0.244. The highest BCUT2D eigenvalue weighted by molar-refractivity contribution is 7.97. The molecule has 2 aromatic rings. The Bertz CT molecular complexity index is 792. The first kappa shape index (κ1) is 17.7. The highest BCUT2D eigenvalue weighted by Crippen LogP contribution is 2.30. The van der Waals surface area contributed by atoms with Crippen LogP contribution in [0.3, 0.4) is 0 Å². The average Bonchev–Trinajstić information content (AvgIpc) is 2.53. The van der Waals surface area contributed by atoms with E-state index < -0.39 is 10.0 Å². The second-order valence-electron chi connectivity index (χ2n) is 5.18. The van der Waals surface area contributed by atoms with E-state index in [4.69, 9.17) is 0 Å². The van der Waals surface area contributed by atoms with E-state index in [-0.39, 0.29) is 11.4 Å². The fourth-order valence-electron chi connectivity index (χ4n) is 2.35. The number of nitrogens with one attached hydrogen (secondary N) is 1. The van der Waals surface area contributed by atoms with E-state index >= 15 is 0 Å². The van der Waals surface area contributed by atoms with Gasteiger partial charge >= 0.3 is 0 Å². The highest BCUT2D eigenvalue weighted by atomic mass is 32.2. The average molecular weight is 353 g/mol. The van der Waals surface area contributed by atoms with Gasteiger partial charge in [-0.25, -0.2) is 13.1 Å². The molecule has 0 unspecified atom stereocenters. The fraction of sp³-hybridized carbons (Fsp3) is 0.333. The van der Waals surface area contributed by atoms with Crippen LogP contribution >= 0.6 is 11.9 Å². The Morgan fingerprint density at radius 2 is 1.83 bits per heavy atom. The molecular weight excluding hydrogens is 334 g/mol. The van der Waals surface area contributed by atoms with E-state index in [1.165, 1.54) is 0 Å². The zero-order valence-corrected chi connectivity index (χ0v) is 14.7. The number of hydrogen-bond donors (Lipinski definition) is 1. The van der Waals surface area contributed by atoms with Crippen molar-refractivity contribution >= 4 is 38.4 Å². The Morgan fingerprint density at radius 3 is 2.52 bits per heavy atom. The monoisotopic (exact) mass is 353 g/mol. The first-order valence-corrected chi connectivity index (χ1v) is 9.53. The number of anilines is 1. The minimum Gasteiger partial charge on any atom is -0.377 e. The minimum absolute atomic E-state index is 0.264. The molecule has 0 aliphatic heterocycles. The highest BCUT2D eigenvalue weighted by Gasteiger charge is 2.17. The van der Waals surface area contributed by atoms with Gasteiger partial charge in [-0.1, -0.05) is 24.3 Å². The summed E-state index contributed by atoms with van der Waals surface area (Å²) in [5.74, 6) is 0.492. The lowest BCUT2D eigenvalue weighted by molar-refractivity contribution is 0.582. The molecule has 0 spiro atoms. The maximum Gasteiger partial charge on any atom is 0.241 e. The van der Waals surface area contributed by atoms with Gasteiger partial charge in [-0.2, -0.15) is 0 Å². The number of nitrogens with zero attached hydrogens (tertiary/aromatic N) is 2. The van der Waals surface area contributed by atoms with Crippen LogP contribution in [-0.2, 0) is 10.0 Å². The lowest BCUT2D eigenvalue weighted by Gasteiger charge is -2.17. The molecule has 0 saturated heterocycles. The van der Waals surface area contributed by atoms with Gasteiger partial charge in [0.1, 0.15) is 0 Å². The van der Waals surface area contributed by atoms with Crippen LogP contribution in [0.4, 0.5) is 5.69 Å². The Balaban J connectivity index is 2.32. The van der Waals surface area contributed by atoms with Crippen molar-refractivity contribution < 1.29 is 8.42 Å². The number of rotatable bonds is 8. The zero-order valence-electron chi connectivity index (χ0n) is 13.0. The standard InChI is InChI=1S/C15H19N3O3S2/c1-18(2)14-8-3-7-13-12(14)6-4-9-15(13)23(20,21)16-10-5-11-22-17-19/h3-4,6-9,16H,5,10-11H2,1-2H3. The predicted octanol–water partition coefficient (Wildman–Crippen LogP) is 2.99. The molecule has 23 heavy (non-hydrogen) atoms. The van der Waals surface area contributed by atoms with Crippen LogP contribution in [0.25, 0.3) is 10.8 Å². The van der Waals surface area contributed by atoms with Crippen LogP contribution in [0.15, 0.2) is 45.9 Å². The normalized spacial score (nSPS) is 11.6. The first-order chi connectivity index (χ1) is 11.0. The van der Waals surface area contributed by atoms with Gasteiger partial charge in [0.15, 0.2) is 0 Å². The number of sulfonamides is 1. The van der Waals surface area contributed by atoms with Crippen LogP contribution in [-0.4, -0.2) is 34.8 Å². The van der Waals surface area contributed by atoms with Crippen LogP contribution in [0.2, 0.25) is 0 Å². The summed E-state index contributed by atoms with van der Waals surface area (Å²) >= 11 is 0.891. The Morgan fingerprint density at radius 1 is 1.13 bits per heavy atom. The predicted molar refractivity (Wildman–Crippen MR) is 96.3 cm³/mol. The summed E-state index contributed by atoms with van der Waals surface area (Å²) in [6.07, 6.45) is 0.545. The van der Waals surface area contributed by atoms with Crippen molar-refractivity contribution in [3.8, 4) is 0 Å². The first-order valence-electron chi connectivity index (χ1n) is 7.11. The van der Waals surface area contributed by atoms with Gasteiger partial charge in [0, 0.05) is 59.4 Å². The Labute approximate surface area is 140 Å². The molecule has 0 heterocycles. The van der Waals surface area contributed by atoms with Crippen molar-refractivity contribution in [2.24, 2.45) is 4.58 Å². The number of nitroso groups, excluding NO2 is 1. The molecule has 0 saturated carbocycles. The number of fused-ring (bicyclic) bond motifs is 1. The quantitative estimate of drug-likeness (QED) is 0.448. The second kappa shape index (κ2) is 7.76. The van der Waals surface area contributed by atoms with Gasteiger partial charge in [0.05, 0.1) is 4.90 Å².